The minimum Gasteiger partial charge on any atom is -0.352 e. The highest BCUT2D eigenvalue weighted by atomic mass is 16.2. The second-order valence-corrected chi connectivity index (χ2v) is 4.91. The minimum absolute atomic E-state index is 0.0802. The lowest BCUT2D eigenvalue weighted by atomic mass is 10.2. The van der Waals surface area contributed by atoms with Crippen molar-refractivity contribution in [3.8, 4) is 0 Å². The molecule has 1 saturated heterocycles. The molecule has 0 spiro atoms. The summed E-state index contributed by atoms with van der Waals surface area (Å²) in [6, 6.07) is 0.941. The van der Waals surface area contributed by atoms with Crippen molar-refractivity contribution in [1.82, 2.24) is 15.5 Å². The van der Waals surface area contributed by atoms with Crippen LogP contribution in [0.1, 0.15) is 26.7 Å². The number of carbonyl (C=O) groups excluding carboxylic acids is 1. The Hall–Kier alpha value is -0.870. The maximum atomic E-state index is 11.7. The standard InChI is InChI=1S/C13H25N3O/c1-4-7-15-13(17)10-16(11(2)3)9-12-6-5-8-14-12/h4,11-12,14H,1,5-10H2,2-3H3,(H,15,17). The number of nitrogens with zero attached hydrogens (tertiary/aromatic N) is 1. The Bertz CT molecular complexity index is 247. The molecule has 0 aromatic carbocycles. The van der Waals surface area contributed by atoms with Gasteiger partial charge in [0.05, 0.1) is 6.54 Å². The van der Waals surface area contributed by atoms with E-state index in [1.165, 1.54) is 12.8 Å². The number of hydrogen-bond acceptors (Lipinski definition) is 3. The molecule has 1 fully saturated rings. The van der Waals surface area contributed by atoms with Crippen LogP contribution in [0, 0.1) is 0 Å². The molecule has 0 aliphatic carbocycles. The van der Waals surface area contributed by atoms with E-state index in [1.54, 1.807) is 6.08 Å². The number of amides is 1. The summed E-state index contributed by atoms with van der Waals surface area (Å²) in [4.78, 5) is 13.9. The summed E-state index contributed by atoms with van der Waals surface area (Å²) in [5.74, 6) is 0.0802. The van der Waals surface area contributed by atoms with Crippen LogP contribution in [-0.4, -0.2) is 49.1 Å². The normalized spacial score (nSPS) is 19.9. The number of nitrogens with one attached hydrogen (secondary N) is 2. The first-order chi connectivity index (χ1) is 8.13. The van der Waals surface area contributed by atoms with Crippen LogP contribution in [0.25, 0.3) is 0 Å². The van der Waals surface area contributed by atoms with Crippen molar-refractivity contribution in [2.24, 2.45) is 0 Å². The third-order valence-electron chi connectivity index (χ3n) is 3.14. The molecule has 1 aliphatic heterocycles. The average Bonchev–Trinajstić information content (AvgIpc) is 2.78. The van der Waals surface area contributed by atoms with Gasteiger partial charge >= 0.3 is 0 Å². The van der Waals surface area contributed by atoms with Crippen molar-refractivity contribution >= 4 is 5.91 Å². The zero-order chi connectivity index (χ0) is 12.7. The van der Waals surface area contributed by atoms with Crippen molar-refractivity contribution < 1.29 is 4.79 Å². The topological polar surface area (TPSA) is 44.4 Å². The van der Waals surface area contributed by atoms with E-state index in [0.717, 1.165) is 13.1 Å². The third kappa shape index (κ3) is 5.33. The fraction of sp³-hybridized carbons (Fsp3) is 0.769. The largest absolute Gasteiger partial charge is 0.352 e. The number of hydrogen-bond donors (Lipinski definition) is 2. The molecule has 98 valence electrons. The summed E-state index contributed by atoms with van der Waals surface area (Å²) in [6.07, 6.45) is 4.17. The van der Waals surface area contributed by atoms with E-state index in [-0.39, 0.29) is 5.91 Å². The first-order valence-corrected chi connectivity index (χ1v) is 6.48. The average molecular weight is 239 g/mol. The van der Waals surface area contributed by atoms with Gasteiger partial charge in [0.1, 0.15) is 0 Å². The fourth-order valence-corrected chi connectivity index (χ4v) is 2.08. The molecule has 17 heavy (non-hydrogen) atoms. The maximum absolute atomic E-state index is 11.7. The van der Waals surface area contributed by atoms with Crippen LogP contribution in [-0.2, 0) is 4.79 Å². The predicted molar refractivity (Wildman–Crippen MR) is 70.9 cm³/mol. The van der Waals surface area contributed by atoms with Gasteiger partial charge < -0.3 is 10.6 Å². The molecule has 0 saturated carbocycles. The Balaban J connectivity index is 2.36. The van der Waals surface area contributed by atoms with Crippen LogP contribution >= 0.6 is 0 Å². The molecule has 0 aromatic rings. The zero-order valence-electron chi connectivity index (χ0n) is 11.0. The summed E-state index contributed by atoms with van der Waals surface area (Å²) in [5.41, 5.74) is 0. The molecule has 1 aliphatic rings. The quantitative estimate of drug-likeness (QED) is 0.644. The molecule has 4 nitrogen and oxygen atoms in total. The molecular weight excluding hydrogens is 214 g/mol. The Morgan fingerprint density at radius 3 is 2.94 bits per heavy atom. The van der Waals surface area contributed by atoms with Gasteiger partial charge in [-0.05, 0) is 33.2 Å². The van der Waals surface area contributed by atoms with Crippen LogP contribution in [0.3, 0.4) is 0 Å². The molecule has 1 unspecified atom stereocenters. The van der Waals surface area contributed by atoms with Crippen molar-refractivity contribution in [2.75, 3.05) is 26.2 Å². The van der Waals surface area contributed by atoms with E-state index < -0.39 is 0 Å². The van der Waals surface area contributed by atoms with Crippen LogP contribution in [0.15, 0.2) is 12.7 Å². The predicted octanol–water partition coefficient (Wildman–Crippen LogP) is 0.751. The van der Waals surface area contributed by atoms with E-state index in [9.17, 15) is 4.79 Å². The summed E-state index contributed by atoms with van der Waals surface area (Å²) in [6.45, 7) is 11.0. The van der Waals surface area contributed by atoms with Gasteiger partial charge in [-0.15, -0.1) is 6.58 Å². The van der Waals surface area contributed by atoms with Gasteiger partial charge in [0.2, 0.25) is 5.91 Å². The van der Waals surface area contributed by atoms with Crippen LogP contribution in [0.5, 0.6) is 0 Å². The highest BCUT2D eigenvalue weighted by Crippen LogP contribution is 2.08. The zero-order valence-corrected chi connectivity index (χ0v) is 11.0. The summed E-state index contributed by atoms with van der Waals surface area (Å²) in [5, 5.41) is 6.29. The van der Waals surface area contributed by atoms with Crippen molar-refractivity contribution in [3.05, 3.63) is 12.7 Å². The Kier molecular flexibility index (Phi) is 6.22. The molecule has 0 bridgehead atoms. The fourth-order valence-electron chi connectivity index (χ4n) is 2.08. The van der Waals surface area contributed by atoms with E-state index in [1.807, 2.05) is 0 Å². The maximum Gasteiger partial charge on any atom is 0.234 e. The van der Waals surface area contributed by atoms with Gasteiger partial charge in [-0.25, -0.2) is 0 Å². The van der Waals surface area contributed by atoms with Crippen molar-refractivity contribution in [2.45, 2.75) is 38.8 Å². The summed E-state index contributed by atoms with van der Waals surface area (Å²) >= 11 is 0. The lowest BCUT2D eigenvalue weighted by molar-refractivity contribution is -0.122. The highest BCUT2D eigenvalue weighted by molar-refractivity contribution is 5.78. The van der Waals surface area contributed by atoms with Crippen molar-refractivity contribution in [1.29, 1.82) is 0 Å². The van der Waals surface area contributed by atoms with Gasteiger partial charge in [0, 0.05) is 25.2 Å². The van der Waals surface area contributed by atoms with Gasteiger partial charge in [0.25, 0.3) is 0 Å². The van der Waals surface area contributed by atoms with E-state index in [4.69, 9.17) is 0 Å². The summed E-state index contributed by atoms with van der Waals surface area (Å²) < 4.78 is 0. The first-order valence-electron chi connectivity index (χ1n) is 6.48. The third-order valence-corrected chi connectivity index (χ3v) is 3.14. The molecule has 2 N–H and O–H groups in total. The van der Waals surface area contributed by atoms with E-state index in [0.29, 0.717) is 25.2 Å². The smallest absolute Gasteiger partial charge is 0.234 e. The molecule has 1 amide bonds. The van der Waals surface area contributed by atoms with Gasteiger partial charge in [-0.2, -0.15) is 0 Å². The van der Waals surface area contributed by atoms with Crippen LogP contribution in [0.2, 0.25) is 0 Å². The lowest BCUT2D eigenvalue weighted by Crippen LogP contribution is -2.46. The second-order valence-electron chi connectivity index (χ2n) is 4.91. The molecule has 0 radical (unpaired) electrons. The lowest BCUT2D eigenvalue weighted by Gasteiger charge is -2.28. The van der Waals surface area contributed by atoms with Crippen molar-refractivity contribution in [3.63, 3.8) is 0 Å². The number of carbonyl (C=O) groups is 1. The molecule has 1 rings (SSSR count). The Labute approximate surface area is 104 Å². The SMILES string of the molecule is C=CCNC(=O)CN(CC1CCCN1)C(C)C. The molecule has 0 aromatic heterocycles. The van der Waals surface area contributed by atoms with Gasteiger partial charge in [-0.1, -0.05) is 6.08 Å². The molecule has 4 heteroatoms. The number of rotatable bonds is 7. The second kappa shape index (κ2) is 7.45. The molecular formula is C13H25N3O. The Morgan fingerprint density at radius 2 is 2.41 bits per heavy atom. The van der Waals surface area contributed by atoms with Crippen LogP contribution < -0.4 is 10.6 Å². The molecule has 1 atom stereocenters. The highest BCUT2D eigenvalue weighted by Gasteiger charge is 2.21. The van der Waals surface area contributed by atoms with E-state index in [2.05, 4.69) is 36.0 Å². The monoisotopic (exact) mass is 239 g/mol. The van der Waals surface area contributed by atoms with Crippen LogP contribution in [0.4, 0.5) is 0 Å². The summed E-state index contributed by atoms with van der Waals surface area (Å²) in [7, 11) is 0. The molecule has 1 heterocycles. The Morgan fingerprint density at radius 1 is 1.65 bits per heavy atom. The van der Waals surface area contributed by atoms with Gasteiger partial charge in [0.15, 0.2) is 0 Å². The van der Waals surface area contributed by atoms with E-state index >= 15 is 0 Å². The van der Waals surface area contributed by atoms with Gasteiger partial charge in [-0.3, -0.25) is 9.69 Å². The minimum atomic E-state index is 0.0802. The first kappa shape index (κ1) is 14.2.